The lowest BCUT2D eigenvalue weighted by Gasteiger charge is -2.01. The smallest absolute Gasteiger partial charge is 0.166 e. The summed E-state index contributed by atoms with van der Waals surface area (Å²) in [6.45, 7) is 2.04. The molecule has 76 valence electrons. The molecule has 0 radical (unpaired) electrons. The van der Waals surface area contributed by atoms with E-state index in [9.17, 15) is 8.78 Å². The molecule has 1 rings (SSSR count). The quantitative estimate of drug-likeness (QED) is 0.792. The highest BCUT2D eigenvalue weighted by Crippen LogP contribution is 2.16. The van der Waals surface area contributed by atoms with Crippen molar-refractivity contribution < 1.29 is 8.78 Å². The first-order valence-electron chi connectivity index (χ1n) is 4.48. The minimum absolute atomic E-state index is 0.265. The van der Waals surface area contributed by atoms with Crippen LogP contribution in [0.4, 0.5) is 8.78 Å². The van der Waals surface area contributed by atoms with Crippen LogP contribution in [0.3, 0.4) is 0 Å². The van der Waals surface area contributed by atoms with Crippen molar-refractivity contribution in [2.45, 2.75) is 13.3 Å². The summed E-state index contributed by atoms with van der Waals surface area (Å²) in [5.41, 5.74) is 5.85. The van der Waals surface area contributed by atoms with Crippen molar-refractivity contribution in [2.75, 3.05) is 6.54 Å². The van der Waals surface area contributed by atoms with Crippen LogP contribution in [0.25, 0.3) is 6.08 Å². The third-order valence-electron chi connectivity index (χ3n) is 1.94. The van der Waals surface area contributed by atoms with Crippen LogP contribution >= 0.6 is 0 Å². The molecule has 0 amide bonds. The highest BCUT2D eigenvalue weighted by molar-refractivity contribution is 5.50. The molecule has 0 fully saturated rings. The van der Waals surface area contributed by atoms with Gasteiger partial charge in [0.1, 0.15) is 0 Å². The Morgan fingerprint density at radius 3 is 2.64 bits per heavy atom. The number of aryl methyl sites for hydroxylation is 1. The van der Waals surface area contributed by atoms with Crippen molar-refractivity contribution in [2.24, 2.45) is 5.73 Å². The van der Waals surface area contributed by atoms with Gasteiger partial charge in [-0.3, -0.25) is 0 Å². The van der Waals surface area contributed by atoms with Gasteiger partial charge < -0.3 is 5.73 Å². The van der Waals surface area contributed by atoms with Gasteiger partial charge in [0, 0.05) is 5.56 Å². The lowest BCUT2D eigenvalue weighted by molar-refractivity contribution is 0.501. The van der Waals surface area contributed by atoms with Crippen molar-refractivity contribution in [3.63, 3.8) is 0 Å². The first-order chi connectivity index (χ1) is 6.66. The molecule has 0 saturated carbocycles. The van der Waals surface area contributed by atoms with E-state index in [1.807, 2.05) is 0 Å². The third-order valence-corrected chi connectivity index (χ3v) is 1.94. The molecule has 2 N–H and O–H groups in total. The molecule has 0 saturated heterocycles. The summed E-state index contributed by atoms with van der Waals surface area (Å²) in [6.07, 6.45) is 3.94. The predicted molar refractivity (Wildman–Crippen MR) is 53.8 cm³/mol. The normalized spacial score (nSPS) is 11.1. The third kappa shape index (κ3) is 2.39. The summed E-state index contributed by atoms with van der Waals surface area (Å²) in [5.74, 6) is -1.57. The fraction of sp³-hybridized carbons (Fsp3) is 0.273. The molecule has 14 heavy (non-hydrogen) atoms. The Hall–Kier alpha value is -1.22. The lowest BCUT2D eigenvalue weighted by Crippen LogP contribution is -1.95. The van der Waals surface area contributed by atoms with Gasteiger partial charge in [-0.1, -0.05) is 24.3 Å². The summed E-state index contributed by atoms with van der Waals surface area (Å²) in [4.78, 5) is 0. The van der Waals surface area contributed by atoms with E-state index >= 15 is 0 Å². The molecule has 1 aromatic carbocycles. The first kappa shape index (κ1) is 10.9. The Morgan fingerprint density at radius 2 is 2.00 bits per heavy atom. The van der Waals surface area contributed by atoms with Gasteiger partial charge in [-0.2, -0.15) is 0 Å². The van der Waals surface area contributed by atoms with E-state index in [1.165, 1.54) is 6.92 Å². The van der Waals surface area contributed by atoms with E-state index in [2.05, 4.69) is 0 Å². The second kappa shape index (κ2) is 4.86. The Balaban J connectivity index is 2.94. The van der Waals surface area contributed by atoms with Crippen LogP contribution in [-0.2, 0) is 0 Å². The number of benzene rings is 1. The van der Waals surface area contributed by atoms with Crippen LogP contribution in [0, 0.1) is 18.6 Å². The van der Waals surface area contributed by atoms with E-state index in [0.29, 0.717) is 18.5 Å². The Kier molecular flexibility index (Phi) is 3.77. The molecule has 0 spiro atoms. The van der Waals surface area contributed by atoms with Gasteiger partial charge in [-0.15, -0.1) is 0 Å². The highest BCUT2D eigenvalue weighted by atomic mass is 19.2. The molecule has 0 aliphatic rings. The van der Waals surface area contributed by atoms with Crippen LogP contribution < -0.4 is 5.73 Å². The molecule has 0 aliphatic carbocycles. The molecular formula is C11H13F2N. The number of rotatable bonds is 3. The van der Waals surface area contributed by atoms with E-state index in [0.717, 1.165) is 0 Å². The summed E-state index contributed by atoms with van der Waals surface area (Å²) in [6, 6.07) is 3.11. The summed E-state index contributed by atoms with van der Waals surface area (Å²) in [7, 11) is 0. The predicted octanol–water partition coefficient (Wildman–Crippen LogP) is 2.64. The van der Waals surface area contributed by atoms with Gasteiger partial charge in [0.2, 0.25) is 0 Å². The molecule has 0 atom stereocenters. The molecule has 3 heteroatoms. The highest BCUT2D eigenvalue weighted by Gasteiger charge is 2.07. The van der Waals surface area contributed by atoms with Gasteiger partial charge in [-0.05, 0) is 25.5 Å². The second-order valence-electron chi connectivity index (χ2n) is 3.08. The number of hydrogen-bond donors (Lipinski definition) is 1. The van der Waals surface area contributed by atoms with E-state index in [-0.39, 0.29) is 5.56 Å². The maximum absolute atomic E-state index is 13.2. The number of nitrogens with two attached hydrogens (primary N) is 1. The molecule has 0 unspecified atom stereocenters. The lowest BCUT2D eigenvalue weighted by atomic mass is 10.1. The van der Waals surface area contributed by atoms with Crippen LogP contribution in [-0.4, -0.2) is 6.54 Å². The van der Waals surface area contributed by atoms with Crippen LogP contribution in [0.5, 0.6) is 0 Å². The minimum atomic E-state index is -0.793. The van der Waals surface area contributed by atoms with Crippen LogP contribution in [0.15, 0.2) is 18.2 Å². The van der Waals surface area contributed by atoms with Crippen molar-refractivity contribution in [3.05, 3.63) is 41.0 Å². The molecule has 0 aromatic heterocycles. The minimum Gasteiger partial charge on any atom is -0.330 e. The topological polar surface area (TPSA) is 26.0 Å². The second-order valence-corrected chi connectivity index (χ2v) is 3.08. The largest absolute Gasteiger partial charge is 0.330 e. The Bertz CT molecular complexity index is 345. The monoisotopic (exact) mass is 197 g/mol. The van der Waals surface area contributed by atoms with Gasteiger partial charge >= 0.3 is 0 Å². The average molecular weight is 197 g/mol. The van der Waals surface area contributed by atoms with E-state index in [1.54, 1.807) is 24.3 Å². The van der Waals surface area contributed by atoms with Crippen molar-refractivity contribution >= 4 is 6.08 Å². The van der Waals surface area contributed by atoms with Gasteiger partial charge in [-0.25, -0.2) is 8.78 Å². The summed E-state index contributed by atoms with van der Waals surface area (Å²) >= 11 is 0. The number of hydrogen-bond acceptors (Lipinski definition) is 1. The molecule has 1 aromatic rings. The van der Waals surface area contributed by atoms with Crippen molar-refractivity contribution in [3.8, 4) is 0 Å². The maximum Gasteiger partial charge on any atom is 0.166 e. The summed E-state index contributed by atoms with van der Waals surface area (Å²) < 4.78 is 26.3. The standard InChI is InChI=1S/C11H13F2N/c1-8-5-6-9(4-2-3-7-14)11(13)10(8)12/h2,4-6H,3,7,14H2,1H3/b4-2+. The van der Waals surface area contributed by atoms with Crippen molar-refractivity contribution in [1.29, 1.82) is 0 Å². The van der Waals surface area contributed by atoms with Crippen molar-refractivity contribution in [1.82, 2.24) is 0 Å². The fourth-order valence-corrected chi connectivity index (χ4v) is 1.10. The van der Waals surface area contributed by atoms with E-state index < -0.39 is 11.6 Å². The Morgan fingerprint density at radius 1 is 1.29 bits per heavy atom. The molecular weight excluding hydrogens is 184 g/mol. The zero-order valence-electron chi connectivity index (χ0n) is 8.06. The zero-order valence-corrected chi connectivity index (χ0v) is 8.06. The first-order valence-corrected chi connectivity index (χ1v) is 4.48. The van der Waals surface area contributed by atoms with Gasteiger partial charge in [0.15, 0.2) is 11.6 Å². The van der Waals surface area contributed by atoms with Gasteiger partial charge in [0.25, 0.3) is 0 Å². The van der Waals surface area contributed by atoms with Gasteiger partial charge in [0.05, 0.1) is 0 Å². The molecule has 0 bridgehead atoms. The molecule has 0 heterocycles. The van der Waals surface area contributed by atoms with E-state index in [4.69, 9.17) is 5.73 Å². The maximum atomic E-state index is 13.2. The average Bonchev–Trinajstić information content (AvgIpc) is 2.18. The number of halogens is 2. The van der Waals surface area contributed by atoms with Crippen LogP contribution in [0.1, 0.15) is 17.5 Å². The Labute approximate surface area is 82.2 Å². The summed E-state index contributed by atoms with van der Waals surface area (Å²) in [5, 5.41) is 0. The fourth-order valence-electron chi connectivity index (χ4n) is 1.10. The molecule has 0 aliphatic heterocycles. The van der Waals surface area contributed by atoms with Crippen LogP contribution in [0.2, 0.25) is 0 Å². The zero-order chi connectivity index (χ0) is 10.6. The SMILES string of the molecule is Cc1ccc(/C=C/CCN)c(F)c1F. The molecule has 1 nitrogen and oxygen atoms in total.